The van der Waals surface area contributed by atoms with E-state index < -0.39 is 23.8 Å². The summed E-state index contributed by atoms with van der Waals surface area (Å²) in [6.45, 7) is 0. The topological polar surface area (TPSA) is 130 Å². The monoisotopic (exact) mass is 532 g/mol. The highest BCUT2D eigenvalue weighted by Crippen LogP contribution is 2.38. The number of esters is 1. The van der Waals surface area contributed by atoms with Crippen molar-refractivity contribution in [3.05, 3.63) is 77.4 Å². The molecular formula is C28H24N2O9. The quantitative estimate of drug-likeness (QED) is 0.200. The number of rotatable bonds is 8. The zero-order valence-electron chi connectivity index (χ0n) is 21.5. The van der Waals surface area contributed by atoms with Crippen molar-refractivity contribution in [1.29, 1.82) is 0 Å². The van der Waals surface area contributed by atoms with Gasteiger partial charge in [-0.3, -0.25) is 14.9 Å². The number of urea groups is 1. The molecule has 3 aromatic rings. The second-order valence-corrected chi connectivity index (χ2v) is 7.97. The molecule has 4 amide bonds. The molecule has 0 radical (unpaired) electrons. The summed E-state index contributed by atoms with van der Waals surface area (Å²) in [7, 11) is 5.66. The lowest BCUT2D eigenvalue weighted by molar-refractivity contribution is -0.122. The van der Waals surface area contributed by atoms with Crippen LogP contribution < -0.4 is 33.9 Å². The Morgan fingerprint density at radius 3 is 1.97 bits per heavy atom. The largest absolute Gasteiger partial charge is 0.495 e. The van der Waals surface area contributed by atoms with E-state index in [1.807, 2.05) is 0 Å². The van der Waals surface area contributed by atoms with Gasteiger partial charge in [-0.15, -0.1) is 0 Å². The van der Waals surface area contributed by atoms with Crippen molar-refractivity contribution in [3.63, 3.8) is 0 Å². The number of amides is 4. The number of benzene rings is 3. The van der Waals surface area contributed by atoms with Crippen LogP contribution in [0.3, 0.4) is 0 Å². The number of hydrogen-bond donors (Lipinski definition) is 1. The van der Waals surface area contributed by atoms with Crippen LogP contribution in [0.25, 0.3) is 6.08 Å². The minimum atomic E-state index is -0.922. The summed E-state index contributed by atoms with van der Waals surface area (Å²) in [5, 5.41) is 2.16. The number of imide groups is 2. The fourth-order valence-corrected chi connectivity index (χ4v) is 3.90. The first-order chi connectivity index (χ1) is 18.8. The Kier molecular flexibility index (Phi) is 7.80. The molecule has 11 heteroatoms. The summed E-state index contributed by atoms with van der Waals surface area (Å²) in [6.07, 6.45) is 1.24. The van der Waals surface area contributed by atoms with E-state index in [1.54, 1.807) is 36.4 Å². The first-order valence-electron chi connectivity index (χ1n) is 11.5. The first kappa shape index (κ1) is 26.7. The van der Waals surface area contributed by atoms with Crippen molar-refractivity contribution < 1.29 is 42.9 Å². The molecule has 1 N–H and O–H groups in total. The molecular weight excluding hydrogens is 508 g/mol. The van der Waals surface area contributed by atoms with Crippen LogP contribution in [-0.4, -0.2) is 52.3 Å². The molecule has 3 aromatic carbocycles. The molecule has 0 unspecified atom stereocenters. The van der Waals surface area contributed by atoms with Gasteiger partial charge in [-0.2, -0.15) is 0 Å². The molecule has 0 spiro atoms. The zero-order chi connectivity index (χ0) is 28.1. The van der Waals surface area contributed by atoms with E-state index in [9.17, 15) is 19.2 Å². The Hall–Kier alpha value is -5.32. The average Bonchev–Trinajstić information content (AvgIpc) is 2.95. The zero-order valence-corrected chi connectivity index (χ0v) is 21.5. The summed E-state index contributed by atoms with van der Waals surface area (Å²) in [5.74, 6) is -1.40. The molecule has 0 saturated carbocycles. The molecule has 1 fully saturated rings. The van der Waals surface area contributed by atoms with Gasteiger partial charge in [0.15, 0.2) is 11.5 Å². The van der Waals surface area contributed by atoms with Crippen LogP contribution in [0.1, 0.15) is 15.9 Å². The Morgan fingerprint density at radius 2 is 1.36 bits per heavy atom. The lowest BCUT2D eigenvalue weighted by atomic mass is 10.1. The molecule has 1 saturated heterocycles. The Balaban J connectivity index is 1.69. The SMILES string of the molecule is COc1ccccc1N1C(=O)NC(=O)/C(=C/c2ccccc2OC(=O)c2cc(OC)c(OC)c(OC)c2)C1=O. The molecule has 0 aliphatic carbocycles. The Bertz CT molecular complexity index is 1470. The van der Waals surface area contributed by atoms with E-state index >= 15 is 0 Å². The molecule has 4 rings (SSSR count). The third-order valence-electron chi connectivity index (χ3n) is 5.75. The average molecular weight is 533 g/mol. The highest BCUT2D eigenvalue weighted by molar-refractivity contribution is 6.39. The number of nitrogens with one attached hydrogen (secondary N) is 1. The van der Waals surface area contributed by atoms with Gasteiger partial charge < -0.3 is 23.7 Å². The van der Waals surface area contributed by atoms with Crippen LogP contribution in [0.2, 0.25) is 0 Å². The molecule has 11 nitrogen and oxygen atoms in total. The van der Waals surface area contributed by atoms with Crippen molar-refractivity contribution in [2.45, 2.75) is 0 Å². The van der Waals surface area contributed by atoms with E-state index in [1.165, 1.54) is 58.8 Å². The van der Waals surface area contributed by atoms with Crippen LogP contribution in [0, 0.1) is 0 Å². The summed E-state index contributed by atoms with van der Waals surface area (Å²) in [4.78, 5) is 52.5. The molecule has 0 bridgehead atoms. The van der Waals surface area contributed by atoms with Crippen LogP contribution >= 0.6 is 0 Å². The number of ether oxygens (including phenoxy) is 5. The fraction of sp³-hybridized carbons (Fsp3) is 0.143. The van der Waals surface area contributed by atoms with Gasteiger partial charge in [-0.1, -0.05) is 30.3 Å². The van der Waals surface area contributed by atoms with Gasteiger partial charge in [0, 0.05) is 5.56 Å². The van der Waals surface area contributed by atoms with E-state index in [0.29, 0.717) is 5.75 Å². The normalized spacial score (nSPS) is 14.1. The standard InChI is InChI=1S/C28H24N2O9/c1-35-21-12-8-6-10-19(21)30-26(32)18(25(31)29-28(30)34)13-16-9-5-7-11-20(16)39-27(33)17-14-22(36-2)24(38-4)23(15-17)37-3/h5-15H,1-4H3,(H,29,31,34)/b18-13-. The maximum Gasteiger partial charge on any atom is 0.343 e. The lowest BCUT2D eigenvalue weighted by Gasteiger charge is -2.27. The molecule has 1 aliphatic heterocycles. The minimum Gasteiger partial charge on any atom is -0.495 e. The smallest absolute Gasteiger partial charge is 0.343 e. The Labute approximate surface area is 223 Å². The number of barbiturate groups is 1. The van der Waals surface area contributed by atoms with Gasteiger partial charge in [0.1, 0.15) is 17.1 Å². The van der Waals surface area contributed by atoms with E-state index in [2.05, 4.69) is 5.32 Å². The predicted octanol–water partition coefficient (Wildman–Crippen LogP) is 3.61. The van der Waals surface area contributed by atoms with Gasteiger partial charge in [0.2, 0.25) is 5.75 Å². The van der Waals surface area contributed by atoms with Crippen molar-refractivity contribution in [3.8, 4) is 28.7 Å². The summed E-state index contributed by atoms with van der Waals surface area (Å²) in [6, 6.07) is 14.6. The number of anilines is 1. The van der Waals surface area contributed by atoms with Crippen molar-refractivity contribution in [1.82, 2.24) is 5.32 Å². The third kappa shape index (κ3) is 5.23. The van der Waals surface area contributed by atoms with Crippen molar-refractivity contribution in [2.24, 2.45) is 0 Å². The van der Waals surface area contributed by atoms with E-state index in [-0.39, 0.29) is 45.4 Å². The number of carbonyl (C=O) groups excluding carboxylic acids is 4. The third-order valence-corrected chi connectivity index (χ3v) is 5.75. The Morgan fingerprint density at radius 1 is 0.769 bits per heavy atom. The molecule has 200 valence electrons. The first-order valence-corrected chi connectivity index (χ1v) is 11.5. The van der Waals surface area contributed by atoms with Crippen LogP contribution in [0.5, 0.6) is 28.7 Å². The molecule has 39 heavy (non-hydrogen) atoms. The maximum atomic E-state index is 13.3. The van der Waals surface area contributed by atoms with Gasteiger partial charge in [0.05, 0.1) is 39.7 Å². The van der Waals surface area contributed by atoms with Gasteiger partial charge in [0.25, 0.3) is 11.8 Å². The highest BCUT2D eigenvalue weighted by atomic mass is 16.5. The lowest BCUT2D eigenvalue weighted by Crippen LogP contribution is -2.54. The van der Waals surface area contributed by atoms with Gasteiger partial charge in [-0.25, -0.2) is 14.5 Å². The number of carbonyl (C=O) groups is 4. The number of para-hydroxylation sites is 3. The second kappa shape index (κ2) is 11.4. The minimum absolute atomic E-state index is 0.0603. The van der Waals surface area contributed by atoms with Crippen molar-refractivity contribution >= 4 is 35.6 Å². The second-order valence-electron chi connectivity index (χ2n) is 7.97. The van der Waals surface area contributed by atoms with Crippen molar-refractivity contribution in [2.75, 3.05) is 33.3 Å². The van der Waals surface area contributed by atoms with Gasteiger partial charge >= 0.3 is 12.0 Å². The highest BCUT2D eigenvalue weighted by Gasteiger charge is 2.38. The summed E-state index contributed by atoms with van der Waals surface area (Å²) in [5.41, 5.74) is 0.150. The number of hydrogen-bond acceptors (Lipinski definition) is 9. The number of methoxy groups -OCH3 is 4. The van der Waals surface area contributed by atoms with Gasteiger partial charge in [-0.05, 0) is 36.4 Å². The molecule has 1 heterocycles. The molecule has 1 aliphatic rings. The fourth-order valence-electron chi connectivity index (χ4n) is 3.90. The van der Waals surface area contributed by atoms with Crippen LogP contribution in [0.15, 0.2) is 66.2 Å². The molecule has 0 atom stereocenters. The maximum absolute atomic E-state index is 13.3. The molecule has 0 aromatic heterocycles. The summed E-state index contributed by atoms with van der Waals surface area (Å²) >= 11 is 0. The number of nitrogens with zero attached hydrogens (tertiary/aromatic N) is 1. The van der Waals surface area contributed by atoms with E-state index in [4.69, 9.17) is 23.7 Å². The predicted molar refractivity (Wildman–Crippen MR) is 139 cm³/mol. The summed E-state index contributed by atoms with van der Waals surface area (Å²) < 4.78 is 26.7. The van der Waals surface area contributed by atoms with E-state index in [0.717, 1.165) is 4.90 Å². The van der Waals surface area contributed by atoms with Crippen LogP contribution in [-0.2, 0) is 9.59 Å². The van der Waals surface area contributed by atoms with Crippen LogP contribution in [0.4, 0.5) is 10.5 Å².